The first kappa shape index (κ1) is 15.1. The van der Waals surface area contributed by atoms with Crippen LogP contribution in [0.4, 0.5) is 0 Å². The molecule has 2 nitrogen and oxygen atoms in total. The summed E-state index contributed by atoms with van der Waals surface area (Å²) < 4.78 is 0. The van der Waals surface area contributed by atoms with E-state index in [4.69, 9.17) is 0 Å². The molecule has 1 aromatic rings. The van der Waals surface area contributed by atoms with E-state index in [0.29, 0.717) is 11.8 Å². The van der Waals surface area contributed by atoms with Gasteiger partial charge in [-0.15, -0.1) is 0 Å². The van der Waals surface area contributed by atoms with Gasteiger partial charge in [0.05, 0.1) is 11.5 Å². The Morgan fingerprint density at radius 2 is 1.80 bits per heavy atom. The first-order chi connectivity index (χ1) is 9.43. The first-order valence-corrected chi connectivity index (χ1v) is 7.62. The molecule has 20 heavy (non-hydrogen) atoms. The van der Waals surface area contributed by atoms with Gasteiger partial charge >= 0.3 is 0 Å². The molecule has 0 aromatic heterocycles. The highest BCUT2D eigenvalue weighted by molar-refractivity contribution is 5.28. The predicted octanol–water partition coefficient (Wildman–Crippen LogP) is 4.25. The maximum atomic E-state index is 11.1. The molecule has 1 aromatic carbocycles. The zero-order valence-corrected chi connectivity index (χ0v) is 12.8. The number of rotatable bonds is 3. The maximum Gasteiger partial charge on any atom is 0.105 e. The van der Waals surface area contributed by atoms with E-state index in [0.717, 1.165) is 31.2 Å². The van der Waals surface area contributed by atoms with Crippen molar-refractivity contribution in [3.8, 4) is 6.07 Å². The Hall–Kier alpha value is -1.33. The lowest BCUT2D eigenvalue weighted by Crippen LogP contribution is -2.45. The standard InChI is InChI=1S/C18H25NO/c1-14(2)15-9-11-18(13-19,12-10-15)17(3,20)16-7-5-4-6-8-16/h4-8,14-15,20H,9-12H2,1-3H3. The van der Waals surface area contributed by atoms with Crippen LogP contribution in [0.3, 0.4) is 0 Å². The van der Waals surface area contributed by atoms with E-state index in [9.17, 15) is 10.4 Å². The normalized spacial score (nSPS) is 29.7. The van der Waals surface area contributed by atoms with E-state index in [1.54, 1.807) is 6.92 Å². The number of hydrogen-bond acceptors (Lipinski definition) is 2. The second-order valence-electron chi connectivity index (χ2n) is 6.71. The average molecular weight is 271 g/mol. The Kier molecular flexibility index (Phi) is 4.20. The van der Waals surface area contributed by atoms with E-state index in [1.165, 1.54) is 0 Å². The molecular formula is C18H25NO. The summed E-state index contributed by atoms with van der Waals surface area (Å²) >= 11 is 0. The van der Waals surface area contributed by atoms with Crippen LogP contribution in [-0.4, -0.2) is 5.11 Å². The third-order valence-electron chi connectivity index (χ3n) is 5.31. The topological polar surface area (TPSA) is 44.0 Å². The maximum absolute atomic E-state index is 11.1. The summed E-state index contributed by atoms with van der Waals surface area (Å²) in [5, 5.41) is 20.8. The van der Waals surface area contributed by atoms with Gasteiger partial charge in [0.2, 0.25) is 0 Å². The molecule has 2 heteroatoms. The van der Waals surface area contributed by atoms with Gasteiger partial charge in [-0.25, -0.2) is 0 Å². The molecule has 0 spiro atoms. The van der Waals surface area contributed by atoms with Crippen LogP contribution in [-0.2, 0) is 5.60 Å². The largest absolute Gasteiger partial charge is 0.384 e. The predicted molar refractivity (Wildman–Crippen MR) is 80.9 cm³/mol. The van der Waals surface area contributed by atoms with Gasteiger partial charge in [-0.3, -0.25) is 0 Å². The van der Waals surface area contributed by atoms with E-state index in [2.05, 4.69) is 19.9 Å². The molecule has 108 valence electrons. The van der Waals surface area contributed by atoms with Gasteiger partial charge in [-0.2, -0.15) is 5.26 Å². The minimum Gasteiger partial charge on any atom is -0.384 e. The second kappa shape index (κ2) is 5.58. The third-order valence-corrected chi connectivity index (χ3v) is 5.31. The van der Waals surface area contributed by atoms with Crippen LogP contribution in [0, 0.1) is 28.6 Å². The minimum absolute atomic E-state index is 0.653. The van der Waals surface area contributed by atoms with E-state index >= 15 is 0 Å². The van der Waals surface area contributed by atoms with Crippen LogP contribution in [0.1, 0.15) is 52.0 Å². The van der Waals surface area contributed by atoms with Crippen molar-refractivity contribution >= 4 is 0 Å². The van der Waals surface area contributed by atoms with Crippen LogP contribution in [0.5, 0.6) is 0 Å². The Morgan fingerprint density at radius 1 is 1.25 bits per heavy atom. The van der Waals surface area contributed by atoms with Crippen molar-refractivity contribution in [2.45, 2.75) is 52.1 Å². The van der Waals surface area contributed by atoms with Crippen molar-refractivity contribution in [1.29, 1.82) is 5.26 Å². The molecule has 2 rings (SSSR count). The van der Waals surface area contributed by atoms with Gasteiger partial charge in [0.25, 0.3) is 0 Å². The lowest BCUT2D eigenvalue weighted by Gasteiger charge is -2.45. The van der Waals surface area contributed by atoms with Crippen molar-refractivity contribution in [2.24, 2.45) is 17.3 Å². The quantitative estimate of drug-likeness (QED) is 0.893. The summed E-state index contributed by atoms with van der Waals surface area (Å²) in [5.41, 5.74) is -0.880. The van der Waals surface area contributed by atoms with E-state index in [-0.39, 0.29) is 0 Å². The summed E-state index contributed by atoms with van der Waals surface area (Å²) in [6.45, 7) is 6.31. The van der Waals surface area contributed by atoms with Crippen LogP contribution in [0.15, 0.2) is 30.3 Å². The van der Waals surface area contributed by atoms with Gasteiger partial charge in [0.1, 0.15) is 5.60 Å². The van der Waals surface area contributed by atoms with Gasteiger partial charge in [-0.1, -0.05) is 44.2 Å². The Balaban J connectivity index is 2.27. The monoisotopic (exact) mass is 271 g/mol. The summed E-state index contributed by atoms with van der Waals surface area (Å²) in [7, 11) is 0. The van der Waals surface area contributed by atoms with Crippen molar-refractivity contribution in [3.63, 3.8) is 0 Å². The Labute approximate surface area is 122 Å². The van der Waals surface area contributed by atoms with Crippen LogP contribution in [0.25, 0.3) is 0 Å². The lowest BCUT2D eigenvalue weighted by molar-refractivity contribution is -0.0721. The van der Waals surface area contributed by atoms with Gasteiger partial charge in [-0.05, 0) is 50.0 Å². The minimum atomic E-state index is -1.08. The third kappa shape index (κ3) is 2.47. The fraction of sp³-hybridized carbons (Fsp3) is 0.611. The highest BCUT2D eigenvalue weighted by Gasteiger charge is 2.50. The first-order valence-electron chi connectivity index (χ1n) is 7.62. The van der Waals surface area contributed by atoms with Crippen molar-refractivity contribution in [2.75, 3.05) is 0 Å². The SMILES string of the molecule is CC(C)C1CCC(C#N)(C(C)(O)c2ccccc2)CC1. The Bertz CT molecular complexity index is 476. The molecule has 0 bridgehead atoms. The van der Waals surface area contributed by atoms with Crippen molar-refractivity contribution < 1.29 is 5.11 Å². The molecule has 0 amide bonds. The fourth-order valence-corrected chi connectivity index (χ4v) is 3.55. The summed E-state index contributed by atoms with van der Waals surface area (Å²) in [6.07, 6.45) is 3.64. The second-order valence-corrected chi connectivity index (χ2v) is 6.71. The molecule has 0 heterocycles. The average Bonchev–Trinajstić information content (AvgIpc) is 2.48. The molecule has 1 fully saturated rings. The lowest BCUT2D eigenvalue weighted by atomic mass is 9.59. The van der Waals surface area contributed by atoms with E-state index < -0.39 is 11.0 Å². The smallest absolute Gasteiger partial charge is 0.105 e. The van der Waals surface area contributed by atoms with Gasteiger partial charge in [0.15, 0.2) is 0 Å². The van der Waals surface area contributed by atoms with Crippen molar-refractivity contribution in [3.05, 3.63) is 35.9 Å². The molecule has 0 aliphatic heterocycles. The number of benzene rings is 1. The molecule has 1 saturated carbocycles. The molecule has 1 N–H and O–H groups in total. The zero-order valence-electron chi connectivity index (χ0n) is 12.8. The highest BCUT2D eigenvalue weighted by atomic mass is 16.3. The van der Waals surface area contributed by atoms with Crippen LogP contribution < -0.4 is 0 Å². The molecule has 0 saturated heterocycles. The highest BCUT2D eigenvalue weighted by Crippen LogP contribution is 2.51. The van der Waals surface area contributed by atoms with Crippen LogP contribution in [0.2, 0.25) is 0 Å². The molecular weight excluding hydrogens is 246 g/mol. The molecule has 1 aliphatic carbocycles. The van der Waals surface area contributed by atoms with E-state index in [1.807, 2.05) is 30.3 Å². The zero-order chi connectivity index (χ0) is 14.8. The summed E-state index contributed by atoms with van der Waals surface area (Å²) in [4.78, 5) is 0. The fourth-order valence-electron chi connectivity index (χ4n) is 3.55. The summed E-state index contributed by atoms with van der Waals surface area (Å²) in [6, 6.07) is 12.1. The summed E-state index contributed by atoms with van der Waals surface area (Å²) in [5.74, 6) is 1.34. The molecule has 1 aliphatic rings. The number of nitrogens with zero attached hydrogens (tertiary/aromatic N) is 1. The number of nitriles is 1. The number of aliphatic hydroxyl groups is 1. The van der Waals surface area contributed by atoms with Crippen molar-refractivity contribution in [1.82, 2.24) is 0 Å². The van der Waals surface area contributed by atoms with Gasteiger partial charge in [0, 0.05) is 0 Å². The molecule has 1 unspecified atom stereocenters. The Morgan fingerprint density at radius 3 is 2.25 bits per heavy atom. The van der Waals surface area contributed by atoms with Gasteiger partial charge < -0.3 is 5.11 Å². The molecule has 1 atom stereocenters. The molecule has 0 radical (unpaired) electrons. The number of hydrogen-bond donors (Lipinski definition) is 1. The van der Waals surface area contributed by atoms with Crippen LogP contribution >= 0.6 is 0 Å².